The van der Waals surface area contributed by atoms with Crippen LogP contribution in [0.5, 0.6) is 0 Å². The Morgan fingerprint density at radius 1 is 1.53 bits per heavy atom. The molecular weight excluding hydrogens is 232 g/mol. The summed E-state index contributed by atoms with van der Waals surface area (Å²) in [4.78, 5) is 2.37. The zero-order valence-electron chi connectivity index (χ0n) is 10.9. The van der Waals surface area contributed by atoms with Crippen LogP contribution in [0.4, 0.5) is 5.13 Å². The minimum Gasteiger partial charge on any atom is -0.346 e. The van der Waals surface area contributed by atoms with Gasteiger partial charge in [-0.3, -0.25) is 0 Å². The van der Waals surface area contributed by atoms with E-state index < -0.39 is 0 Å². The summed E-state index contributed by atoms with van der Waals surface area (Å²) in [6, 6.07) is 0. The van der Waals surface area contributed by atoms with Crippen molar-refractivity contribution in [1.29, 1.82) is 0 Å². The maximum absolute atomic E-state index is 4.16. The lowest BCUT2D eigenvalue weighted by Gasteiger charge is -2.34. The summed E-state index contributed by atoms with van der Waals surface area (Å²) in [5, 5.41) is 12.7. The molecule has 0 amide bonds. The van der Waals surface area contributed by atoms with Crippen LogP contribution >= 0.6 is 11.3 Å². The Morgan fingerprint density at radius 2 is 2.35 bits per heavy atom. The first-order chi connectivity index (χ1) is 8.04. The zero-order valence-corrected chi connectivity index (χ0v) is 11.8. The Labute approximate surface area is 107 Å². The molecule has 17 heavy (non-hydrogen) atoms. The summed E-state index contributed by atoms with van der Waals surface area (Å²) >= 11 is 1.64. The van der Waals surface area contributed by atoms with Crippen molar-refractivity contribution in [2.75, 3.05) is 24.5 Å². The second kappa shape index (κ2) is 5.31. The van der Waals surface area contributed by atoms with Crippen molar-refractivity contribution in [3.8, 4) is 0 Å². The number of aromatic nitrogens is 2. The van der Waals surface area contributed by atoms with Gasteiger partial charge in [-0.25, -0.2) is 0 Å². The maximum atomic E-state index is 4.16. The Morgan fingerprint density at radius 3 is 3.00 bits per heavy atom. The molecular formula is C12H22N4S. The largest absolute Gasteiger partial charge is 0.346 e. The minimum absolute atomic E-state index is 0.213. The van der Waals surface area contributed by atoms with Crippen molar-refractivity contribution >= 4 is 16.5 Å². The summed E-state index contributed by atoms with van der Waals surface area (Å²) in [6.45, 7) is 9.99. The molecule has 1 aromatic heterocycles. The van der Waals surface area contributed by atoms with Gasteiger partial charge in [-0.1, -0.05) is 11.3 Å². The standard InChI is InChI=1S/C12H22N4S/c1-12(2,3)13-7-10-5-4-6-16(8-10)11-15-14-9-17-11/h9-10,13H,4-8H2,1-3H3. The summed E-state index contributed by atoms with van der Waals surface area (Å²) in [6.07, 6.45) is 2.58. The van der Waals surface area contributed by atoms with Gasteiger partial charge in [0, 0.05) is 25.2 Å². The fourth-order valence-electron chi connectivity index (χ4n) is 2.16. The number of hydrogen-bond acceptors (Lipinski definition) is 5. The molecule has 1 N–H and O–H groups in total. The van der Waals surface area contributed by atoms with Gasteiger partial charge in [0.25, 0.3) is 0 Å². The van der Waals surface area contributed by atoms with E-state index in [1.807, 2.05) is 5.51 Å². The van der Waals surface area contributed by atoms with Crippen molar-refractivity contribution in [2.45, 2.75) is 39.2 Å². The van der Waals surface area contributed by atoms with E-state index in [0.29, 0.717) is 0 Å². The fraction of sp³-hybridized carbons (Fsp3) is 0.833. The molecule has 0 aromatic carbocycles. The van der Waals surface area contributed by atoms with Crippen LogP contribution in [0, 0.1) is 5.92 Å². The average molecular weight is 254 g/mol. The van der Waals surface area contributed by atoms with Gasteiger partial charge in [-0.15, -0.1) is 10.2 Å². The molecule has 0 saturated carbocycles. The van der Waals surface area contributed by atoms with Gasteiger partial charge in [0.15, 0.2) is 0 Å². The van der Waals surface area contributed by atoms with Crippen LogP contribution in [0.2, 0.25) is 0 Å². The normalized spacial score (nSPS) is 21.8. The lowest BCUT2D eigenvalue weighted by Crippen LogP contribution is -2.44. The van der Waals surface area contributed by atoms with E-state index in [0.717, 1.165) is 30.7 Å². The molecule has 1 fully saturated rings. The van der Waals surface area contributed by atoms with E-state index in [9.17, 15) is 0 Å². The third kappa shape index (κ3) is 3.92. The molecule has 1 saturated heterocycles. The highest BCUT2D eigenvalue weighted by molar-refractivity contribution is 7.13. The fourth-order valence-corrected chi connectivity index (χ4v) is 2.76. The quantitative estimate of drug-likeness (QED) is 0.897. The first-order valence-corrected chi connectivity index (χ1v) is 7.19. The minimum atomic E-state index is 0.213. The summed E-state index contributed by atoms with van der Waals surface area (Å²) < 4.78 is 0. The van der Waals surface area contributed by atoms with Crippen LogP contribution in [-0.2, 0) is 0 Å². The van der Waals surface area contributed by atoms with Crippen LogP contribution in [0.15, 0.2) is 5.51 Å². The molecule has 5 heteroatoms. The smallest absolute Gasteiger partial charge is 0.208 e. The monoisotopic (exact) mass is 254 g/mol. The van der Waals surface area contributed by atoms with Crippen LogP contribution in [-0.4, -0.2) is 35.4 Å². The van der Waals surface area contributed by atoms with E-state index in [1.165, 1.54) is 12.8 Å². The first-order valence-electron chi connectivity index (χ1n) is 6.31. The van der Waals surface area contributed by atoms with Gasteiger partial charge >= 0.3 is 0 Å². The molecule has 4 nitrogen and oxygen atoms in total. The van der Waals surface area contributed by atoms with Crippen LogP contribution in [0.3, 0.4) is 0 Å². The second-order valence-electron chi connectivity index (χ2n) is 5.81. The average Bonchev–Trinajstić information content (AvgIpc) is 2.79. The molecule has 1 aliphatic heterocycles. The molecule has 0 radical (unpaired) electrons. The van der Waals surface area contributed by atoms with Crippen LogP contribution in [0.25, 0.3) is 0 Å². The molecule has 2 rings (SSSR count). The van der Waals surface area contributed by atoms with E-state index in [1.54, 1.807) is 11.3 Å². The van der Waals surface area contributed by atoms with Gasteiger partial charge in [-0.05, 0) is 39.5 Å². The van der Waals surface area contributed by atoms with Crippen LogP contribution < -0.4 is 10.2 Å². The molecule has 0 aliphatic carbocycles. The molecule has 1 aromatic rings. The lowest BCUT2D eigenvalue weighted by molar-refractivity contribution is 0.335. The van der Waals surface area contributed by atoms with Crippen molar-refractivity contribution in [3.05, 3.63) is 5.51 Å². The summed E-state index contributed by atoms with van der Waals surface area (Å²) in [5.74, 6) is 0.729. The molecule has 2 heterocycles. The third-order valence-corrected chi connectivity index (χ3v) is 3.81. The van der Waals surface area contributed by atoms with Crippen molar-refractivity contribution in [3.63, 3.8) is 0 Å². The predicted octanol–water partition coefficient (Wildman–Crippen LogP) is 2.14. The topological polar surface area (TPSA) is 41.0 Å². The van der Waals surface area contributed by atoms with Crippen molar-refractivity contribution < 1.29 is 0 Å². The molecule has 96 valence electrons. The highest BCUT2D eigenvalue weighted by atomic mass is 32.1. The van der Waals surface area contributed by atoms with Gasteiger partial charge in [-0.2, -0.15) is 0 Å². The Balaban J connectivity index is 1.85. The summed E-state index contributed by atoms with van der Waals surface area (Å²) in [7, 11) is 0. The van der Waals surface area contributed by atoms with Crippen LogP contribution in [0.1, 0.15) is 33.6 Å². The number of piperidine rings is 1. The highest BCUT2D eigenvalue weighted by Gasteiger charge is 2.22. The Hall–Kier alpha value is -0.680. The predicted molar refractivity (Wildman–Crippen MR) is 72.6 cm³/mol. The first kappa shape index (κ1) is 12.8. The van der Waals surface area contributed by atoms with Crippen molar-refractivity contribution in [1.82, 2.24) is 15.5 Å². The molecule has 1 atom stereocenters. The molecule has 1 aliphatic rings. The number of rotatable bonds is 3. The Kier molecular flexibility index (Phi) is 3.99. The second-order valence-corrected chi connectivity index (χ2v) is 6.62. The van der Waals surface area contributed by atoms with E-state index in [-0.39, 0.29) is 5.54 Å². The van der Waals surface area contributed by atoms with E-state index in [2.05, 4.69) is 41.2 Å². The van der Waals surface area contributed by atoms with E-state index in [4.69, 9.17) is 0 Å². The van der Waals surface area contributed by atoms with Gasteiger partial charge in [0.1, 0.15) is 5.51 Å². The van der Waals surface area contributed by atoms with Gasteiger partial charge in [0.2, 0.25) is 5.13 Å². The number of nitrogens with one attached hydrogen (secondary N) is 1. The third-order valence-electron chi connectivity index (χ3n) is 3.06. The van der Waals surface area contributed by atoms with Gasteiger partial charge < -0.3 is 10.2 Å². The molecule has 0 bridgehead atoms. The number of nitrogens with zero attached hydrogens (tertiary/aromatic N) is 3. The molecule has 1 unspecified atom stereocenters. The Bertz CT molecular complexity index is 331. The van der Waals surface area contributed by atoms with Gasteiger partial charge in [0.05, 0.1) is 0 Å². The summed E-state index contributed by atoms with van der Waals surface area (Å²) in [5.41, 5.74) is 2.03. The SMILES string of the molecule is CC(C)(C)NCC1CCCN(c2nncs2)C1. The highest BCUT2D eigenvalue weighted by Crippen LogP contribution is 2.23. The lowest BCUT2D eigenvalue weighted by atomic mass is 9.97. The number of hydrogen-bond donors (Lipinski definition) is 1. The zero-order chi connectivity index (χ0) is 12.3. The van der Waals surface area contributed by atoms with E-state index >= 15 is 0 Å². The number of anilines is 1. The molecule has 0 spiro atoms. The maximum Gasteiger partial charge on any atom is 0.208 e. The van der Waals surface area contributed by atoms with Crippen molar-refractivity contribution in [2.24, 2.45) is 5.92 Å².